The molecule has 1 saturated heterocycles. The Bertz CT molecular complexity index is 896. The molecule has 0 unspecified atom stereocenters. The Morgan fingerprint density at radius 1 is 1.18 bits per heavy atom. The van der Waals surface area contributed by atoms with Gasteiger partial charge in [0.25, 0.3) is 5.91 Å². The third-order valence-corrected chi connectivity index (χ3v) is 5.01. The molecular formula is C21H23N5O2. The first-order valence-electron chi connectivity index (χ1n) is 9.39. The van der Waals surface area contributed by atoms with Crippen LogP contribution >= 0.6 is 0 Å². The van der Waals surface area contributed by atoms with Gasteiger partial charge in [0.05, 0.1) is 17.8 Å². The molecule has 0 bridgehead atoms. The first-order chi connectivity index (χ1) is 13.7. The molecule has 0 radical (unpaired) electrons. The molecular weight excluding hydrogens is 354 g/mol. The Kier molecular flexibility index (Phi) is 5.45. The second kappa shape index (κ2) is 8.33. The van der Waals surface area contributed by atoms with Gasteiger partial charge < -0.3 is 10.4 Å². The summed E-state index contributed by atoms with van der Waals surface area (Å²) in [4.78, 5) is 18.9. The molecule has 7 nitrogen and oxygen atoms in total. The Labute approximate surface area is 163 Å². The van der Waals surface area contributed by atoms with Gasteiger partial charge in [0.2, 0.25) is 0 Å². The third-order valence-electron chi connectivity index (χ3n) is 5.01. The highest BCUT2D eigenvalue weighted by atomic mass is 16.3. The van der Waals surface area contributed by atoms with E-state index < -0.39 is 6.10 Å². The molecule has 3 aromatic rings. The van der Waals surface area contributed by atoms with Gasteiger partial charge in [0.1, 0.15) is 0 Å². The monoisotopic (exact) mass is 377 g/mol. The lowest BCUT2D eigenvalue weighted by atomic mass is 10.0. The van der Waals surface area contributed by atoms with Crippen LogP contribution in [0.25, 0.3) is 5.69 Å². The first kappa shape index (κ1) is 18.3. The number of piperidine rings is 1. The van der Waals surface area contributed by atoms with Crippen molar-refractivity contribution in [1.29, 1.82) is 0 Å². The van der Waals surface area contributed by atoms with Gasteiger partial charge in [-0.1, -0.05) is 6.07 Å². The molecule has 1 aromatic carbocycles. The summed E-state index contributed by atoms with van der Waals surface area (Å²) in [6.45, 7) is 2.09. The molecule has 1 aliphatic heterocycles. The largest absolute Gasteiger partial charge is 0.390 e. The van der Waals surface area contributed by atoms with Gasteiger partial charge in [-0.2, -0.15) is 5.10 Å². The fourth-order valence-corrected chi connectivity index (χ4v) is 3.50. The average Bonchev–Trinajstić information content (AvgIpc) is 3.26. The molecule has 3 heterocycles. The van der Waals surface area contributed by atoms with Crippen LogP contribution in [0.15, 0.2) is 67.3 Å². The summed E-state index contributed by atoms with van der Waals surface area (Å²) in [6, 6.07) is 12.8. The van der Waals surface area contributed by atoms with Crippen molar-refractivity contribution in [2.75, 3.05) is 13.1 Å². The van der Waals surface area contributed by atoms with Crippen LogP contribution in [-0.2, 0) is 6.54 Å². The highest BCUT2D eigenvalue weighted by Gasteiger charge is 2.29. The van der Waals surface area contributed by atoms with Gasteiger partial charge >= 0.3 is 0 Å². The minimum atomic E-state index is -0.599. The summed E-state index contributed by atoms with van der Waals surface area (Å²) in [7, 11) is 0. The quantitative estimate of drug-likeness (QED) is 0.706. The minimum absolute atomic E-state index is 0.170. The molecule has 2 aromatic heterocycles. The summed E-state index contributed by atoms with van der Waals surface area (Å²) >= 11 is 0. The van der Waals surface area contributed by atoms with Crippen molar-refractivity contribution in [3.8, 4) is 5.69 Å². The van der Waals surface area contributed by atoms with Crippen molar-refractivity contribution in [2.24, 2.45) is 0 Å². The van der Waals surface area contributed by atoms with Crippen LogP contribution in [-0.4, -0.2) is 55.9 Å². The van der Waals surface area contributed by atoms with Crippen LogP contribution in [0.1, 0.15) is 22.3 Å². The van der Waals surface area contributed by atoms with E-state index >= 15 is 0 Å². The van der Waals surface area contributed by atoms with Gasteiger partial charge in [-0.05, 0) is 48.4 Å². The maximum absolute atomic E-state index is 12.6. The second-order valence-corrected chi connectivity index (χ2v) is 7.03. The van der Waals surface area contributed by atoms with E-state index in [4.69, 9.17) is 0 Å². The number of nitrogens with one attached hydrogen (secondary N) is 1. The standard InChI is InChI=1S/C21H23N5O2/c27-20-15-25(14-16-3-1-9-22-13-16)12-8-19(20)24-21(28)17-4-6-18(7-5-17)26-11-2-10-23-26/h1-7,9-11,13,19-20,27H,8,12,14-15H2,(H,24,28)/t19-,20-/m1/s1. The maximum atomic E-state index is 12.6. The van der Waals surface area contributed by atoms with Crippen molar-refractivity contribution in [3.05, 3.63) is 78.4 Å². The Morgan fingerprint density at radius 3 is 2.71 bits per heavy atom. The number of hydrogen-bond donors (Lipinski definition) is 2. The lowest BCUT2D eigenvalue weighted by molar-refractivity contribution is 0.0349. The molecule has 1 aliphatic rings. The molecule has 7 heteroatoms. The second-order valence-electron chi connectivity index (χ2n) is 7.03. The van der Waals surface area contributed by atoms with Gasteiger partial charge in [0.15, 0.2) is 0 Å². The van der Waals surface area contributed by atoms with Gasteiger partial charge in [-0.15, -0.1) is 0 Å². The average molecular weight is 377 g/mol. The number of aliphatic hydroxyl groups excluding tert-OH is 1. The molecule has 0 saturated carbocycles. The number of hydrogen-bond acceptors (Lipinski definition) is 5. The van der Waals surface area contributed by atoms with E-state index in [2.05, 4.69) is 20.3 Å². The number of aliphatic hydroxyl groups is 1. The van der Waals surface area contributed by atoms with Crippen molar-refractivity contribution in [1.82, 2.24) is 25.0 Å². The molecule has 2 N–H and O–H groups in total. The lowest BCUT2D eigenvalue weighted by Gasteiger charge is -2.36. The highest BCUT2D eigenvalue weighted by molar-refractivity contribution is 5.94. The zero-order valence-corrected chi connectivity index (χ0v) is 15.5. The van der Waals surface area contributed by atoms with Crippen LogP contribution in [0.5, 0.6) is 0 Å². The van der Waals surface area contributed by atoms with E-state index in [0.29, 0.717) is 18.5 Å². The van der Waals surface area contributed by atoms with E-state index in [9.17, 15) is 9.90 Å². The number of carbonyl (C=O) groups is 1. The Balaban J connectivity index is 1.32. The van der Waals surface area contributed by atoms with Crippen molar-refractivity contribution >= 4 is 5.91 Å². The number of rotatable bonds is 5. The summed E-state index contributed by atoms with van der Waals surface area (Å²) in [6.07, 6.45) is 7.26. The smallest absolute Gasteiger partial charge is 0.251 e. The molecule has 28 heavy (non-hydrogen) atoms. The highest BCUT2D eigenvalue weighted by Crippen LogP contribution is 2.15. The SMILES string of the molecule is O=C(N[C@@H]1CCN(Cc2cccnc2)C[C@H]1O)c1ccc(-n2cccn2)cc1. The normalized spacial score (nSPS) is 20.0. The molecule has 0 spiro atoms. The molecule has 2 atom stereocenters. The number of β-amino-alcohol motifs (C(OH)–C–C–N with tert-alkyl or cyclic N) is 1. The minimum Gasteiger partial charge on any atom is -0.390 e. The number of benzene rings is 1. The molecule has 4 rings (SSSR count). The third kappa shape index (κ3) is 4.27. The zero-order valence-electron chi connectivity index (χ0n) is 15.5. The summed E-state index contributed by atoms with van der Waals surface area (Å²) in [5.74, 6) is -0.170. The number of nitrogens with zero attached hydrogens (tertiary/aromatic N) is 4. The van der Waals surface area contributed by atoms with E-state index in [-0.39, 0.29) is 11.9 Å². The van der Waals surface area contributed by atoms with Crippen LogP contribution in [0.2, 0.25) is 0 Å². The number of amides is 1. The van der Waals surface area contributed by atoms with Crippen molar-refractivity contribution in [2.45, 2.75) is 25.1 Å². The molecule has 1 fully saturated rings. The first-order valence-corrected chi connectivity index (χ1v) is 9.39. The topological polar surface area (TPSA) is 83.3 Å². The fourth-order valence-electron chi connectivity index (χ4n) is 3.50. The molecule has 144 valence electrons. The maximum Gasteiger partial charge on any atom is 0.251 e. The van der Waals surface area contributed by atoms with E-state index in [1.807, 2.05) is 42.7 Å². The van der Waals surface area contributed by atoms with E-state index in [1.54, 1.807) is 29.2 Å². The summed E-state index contributed by atoms with van der Waals surface area (Å²) in [5, 5.41) is 17.6. The zero-order chi connectivity index (χ0) is 19.3. The van der Waals surface area contributed by atoms with E-state index in [1.165, 1.54) is 0 Å². The number of pyridine rings is 1. The predicted molar refractivity (Wildman–Crippen MR) is 105 cm³/mol. The summed E-state index contributed by atoms with van der Waals surface area (Å²) in [5.41, 5.74) is 2.58. The number of carbonyl (C=O) groups excluding carboxylic acids is 1. The number of likely N-dealkylation sites (tertiary alicyclic amines) is 1. The fraction of sp³-hybridized carbons (Fsp3) is 0.286. The van der Waals surface area contributed by atoms with E-state index in [0.717, 1.165) is 24.3 Å². The van der Waals surface area contributed by atoms with Gasteiger partial charge in [-0.25, -0.2) is 4.68 Å². The molecule has 0 aliphatic carbocycles. The van der Waals surface area contributed by atoms with Gasteiger partial charge in [-0.3, -0.25) is 14.7 Å². The van der Waals surface area contributed by atoms with Crippen LogP contribution in [0.3, 0.4) is 0 Å². The Hall–Kier alpha value is -3.03. The van der Waals surface area contributed by atoms with Gasteiger partial charge in [0, 0.05) is 50.0 Å². The Morgan fingerprint density at radius 2 is 2.04 bits per heavy atom. The van der Waals surface area contributed by atoms with Crippen molar-refractivity contribution < 1.29 is 9.90 Å². The predicted octanol–water partition coefficient (Wildman–Crippen LogP) is 1.63. The van der Waals surface area contributed by atoms with Crippen LogP contribution < -0.4 is 5.32 Å². The lowest BCUT2D eigenvalue weighted by Crippen LogP contribution is -2.53. The van der Waals surface area contributed by atoms with Crippen LogP contribution in [0, 0.1) is 0 Å². The number of aromatic nitrogens is 3. The van der Waals surface area contributed by atoms with Crippen LogP contribution in [0.4, 0.5) is 0 Å². The van der Waals surface area contributed by atoms with Crippen molar-refractivity contribution in [3.63, 3.8) is 0 Å². The summed E-state index contributed by atoms with van der Waals surface area (Å²) < 4.78 is 1.74. The molecule has 1 amide bonds.